The second kappa shape index (κ2) is 12.4. The quantitative estimate of drug-likeness (QED) is 0.319. The lowest BCUT2D eigenvalue weighted by Crippen LogP contribution is -2.47. The second-order valence-electron chi connectivity index (χ2n) is 10.1. The highest BCUT2D eigenvalue weighted by atomic mass is 35.5. The molecule has 1 aliphatic carbocycles. The Morgan fingerprint density at radius 2 is 1.61 bits per heavy atom. The summed E-state index contributed by atoms with van der Waals surface area (Å²) < 4.78 is 0. The van der Waals surface area contributed by atoms with Gasteiger partial charge in [0.05, 0.1) is 5.52 Å². The Kier molecular flexibility index (Phi) is 9.79. The van der Waals surface area contributed by atoms with Gasteiger partial charge in [-0.3, -0.25) is 4.90 Å². The van der Waals surface area contributed by atoms with Crippen molar-refractivity contribution in [3.05, 3.63) is 70.1 Å². The summed E-state index contributed by atoms with van der Waals surface area (Å²) >= 11 is 12.4. The number of piperazine rings is 1. The van der Waals surface area contributed by atoms with Crippen LogP contribution < -0.4 is 4.90 Å². The summed E-state index contributed by atoms with van der Waals surface area (Å²) in [7, 11) is 0. The maximum atomic E-state index is 6.21. The monoisotopic (exact) mass is 526 g/mol. The van der Waals surface area contributed by atoms with Crippen LogP contribution in [0.25, 0.3) is 16.5 Å². The van der Waals surface area contributed by atoms with Crippen LogP contribution in [-0.4, -0.2) is 47.6 Å². The molecule has 2 heterocycles. The smallest absolute Gasteiger partial charge is 0.140 e. The Balaban J connectivity index is 0.00000117. The maximum absolute atomic E-state index is 6.21. The number of hydrogen-bond acceptors (Lipinski definition) is 4. The van der Waals surface area contributed by atoms with E-state index in [1.165, 1.54) is 29.6 Å². The summed E-state index contributed by atoms with van der Waals surface area (Å²) in [6.45, 7) is 14.0. The molecule has 1 aliphatic heterocycles. The van der Waals surface area contributed by atoms with Crippen molar-refractivity contribution in [2.45, 2.75) is 54.4 Å². The topological polar surface area (TPSA) is 32.3 Å². The number of aromatic nitrogens is 2. The van der Waals surface area contributed by atoms with Gasteiger partial charge < -0.3 is 4.90 Å². The molecule has 1 saturated heterocycles. The third kappa shape index (κ3) is 6.59. The van der Waals surface area contributed by atoms with Crippen LogP contribution in [0.5, 0.6) is 0 Å². The molecule has 0 saturated carbocycles. The molecule has 0 amide bonds. The zero-order valence-corrected chi connectivity index (χ0v) is 22.8. The molecule has 0 atom stereocenters. The molecular weight excluding hydrogens is 487 g/mol. The summed E-state index contributed by atoms with van der Waals surface area (Å²) in [6, 6.07) is 14.7. The molecule has 4 nitrogen and oxygen atoms in total. The first-order chi connectivity index (χ1) is 16.9. The Bertz CT molecular complexity index is 1180. The Hall–Kier alpha value is -2.14. The lowest BCUT2D eigenvalue weighted by molar-refractivity contribution is 0.256. The van der Waals surface area contributed by atoms with Gasteiger partial charge in [0.25, 0.3) is 0 Å². The van der Waals surface area contributed by atoms with Crippen molar-refractivity contribution in [3.63, 3.8) is 0 Å². The van der Waals surface area contributed by atoms with Gasteiger partial charge in [-0.15, -0.1) is 0 Å². The number of benzene rings is 2. The largest absolute Gasteiger partial charge is 0.369 e. The van der Waals surface area contributed by atoms with Gasteiger partial charge in [0, 0.05) is 48.8 Å². The fraction of sp³-hybridized carbons (Fsp3) is 0.467. The highest BCUT2D eigenvalue weighted by molar-refractivity contribution is 6.34. The van der Waals surface area contributed by atoms with Crippen molar-refractivity contribution in [2.24, 2.45) is 5.41 Å². The summed E-state index contributed by atoms with van der Waals surface area (Å²) in [5.41, 5.74) is 6.93. The minimum Gasteiger partial charge on any atom is -0.369 e. The van der Waals surface area contributed by atoms with Crippen LogP contribution in [0.3, 0.4) is 0 Å². The average Bonchev–Trinajstić information content (AvgIpc) is 2.86. The zero-order valence-electron chi connectivity index (χ0n) is 21.3. The Labute approximate surface area is 227 Å². The molecule has 1 aromatic heterocycles. The molecule has 3 aromatic rings. The summed E-state index contributed by atoms with van der Waals surface area (Å²) in [6.07, 6.45) is 5.07. The van der Waals surface area contributed by atoms with E-state index in [9.17, 15) is 0 Å². The van der Waals surface area contributed by atoms with Gasteiger partial charge in [-0.1, -0.05) is 76.0 Å². The van der Waals surface area contributed by atoms with E-state index in [0.717, 1.165) is 61.5 Å². The minimum absolute atomic E-state index is 0. The van der Waals surface area contributed by atoms with Crippen LogP contribution in [0.15, 0.2) is 54.4 Å². The molecule has 1 fully saturated rings. The van der Waals surface area contributed by atoms with E-state index < -0.39 is 0 Å². The zero-order chi connectivity index (χ0) is 25.0. The van der Waals surface area contributed by atoms with E-state index in [2.05, 4.69) is 57.9 Å². The van der Waals surface area contributed by atoms with Gasteiger partial charge in [0.2, 0.25) is 0 Å². The molecule has 0 bridgehead atoms. The van der Waals surface area contributed by atoms with Crippen molar-refractivity contribution >= 4 is 45.4 Å². The van der Waals surface area contributed by atoms with Gasteiger partial charge in [0.15, 0.2) is 0 Å². The number of nitrogens with zero attached hydrogens (tertiary/aromatic N) is 4. The first-order valence-electron chi connectivity index (χ1n) is 12.7. The normalized spacial score (nSPS) is 17.9. The number of anilines is 1. The molecule has 0 N–H and O–H groups in total. The molecule has 0 spiro atoms. The lowest BCUT2D eigenvalue weighted by Gasteiger charge is -2.39. The standard InChI is InChI=1S/C27H30Cl2N4.C2H6.CH4/c1-27(2)10-9-23(19-3-5-21(28)6-4-19)20(16-27)17-32-11-13-33(14-12-32)22-7-8-24-25(15-22)30-18-31-26(24)29;1-2;/h3-8,15,18H,9-14,16-17H2,1-2H3;1-2H3;1H4. The lowest BCUT2D eigenvalue weighted by atomic mass is 9.73. The van der Waals surface area contributed by atoms with Crippen LogP contribution in [0.2, 0.25) is 10.2 Å². The molecule has 36 heavy (non-hydrogen) atoms. The molecule has 6 heteroatoms. The maximum Gasteiger partial charge on any atom is 0.140 e. The predicted octanol–water partition coefficient (Wildman–Crippen LogP) is 8.38. The fourth-order valence-corrected chi connectivity index (χ4v) is 5.54. The predicted molar refractivity (Wildman–Crippen MR) is 157 cm³/mol. The van der Waals surface area contributed by atoms with Gasteiger partial charge in [-0.2, -0.15) is 0 Å². The number of fused-ring (bicyclic) bond motifs is 1. The molecule has 194 valence electrons. The van der Waals surface area contributed by atoms with Crippen molar-refractivity contribution in [3.8, 4) is 0 Å². The van der Waals surface area contributed by atoms with E-state index in [0.29, 0.717) is 10.6 Å². The SMILES string of the molecule is C.CC.CC1(C)CCC(c2ccc(Cl)cc2)=C(CN2CCN(c3ccc4c(Cl)ncnc4c3)CC2)C1. The van der Waals surface area contributed by atoms with E-state index >= 15 is 0 Å². The van der Waals surface area contributed by atoms with Crippen LogP contribution in [0.1, 0.15) is 59.9 Å². The molecule has 2 aliphatic rings. The molecule has 2 aromatic carbocycles. The minimum atomic E-state index is 0. The number of hydrogen-bond donors (Lipinski definition) is 0. The summed E-state index contributed by atoms with van der Waals surface area (Å²) in [5.74, 6) is 0. The van der Waals surface area contributed by atoms with E-state index in [-0.39, 0.29) is 7.43 Å². The van der Waals surface area contributed by atoms with Crippen LogP contribution in [0.4, 0.5) is 5.69 Å². The summed E-state index contributed by atoms with van der Waals surface area (Å²) in [4.78, 5) is 13.5. The molecular formula is C30H40Cl2N4. The highest BCUT2D eigenvalue weighted by Gasteiger charge is 2.29. The number of rotatable bonds is 4. The third-order valence-corrected chi connectivity index (χ3v) is 7.64. The van der Waals surface area contributed by atoms with Crippen molar-refractivity contribution in [1.82, 2.24) is 14.9 Å². The van der Waals surface area contributed by atoms with Crippen molar-refractivity contribution < 1.29 is 0 Å². The first kappa shape index (κ1) is 28.4. The van der Waals surface area contributed by atoms with E-state index in [1.54, 1.807) is 5.57 Å². The molecule has 5 rings (SSSR count). The first-order valence-corrected chi connectivity index (χ1v) is 13.5. The van der Waals surface area contributed by atoms with E-state index in [1.807, 2.05) is 32.0 Å². The molecule has 0 unspecified atom stereocenters. The Morgan fingerprint density at radius 3 is 2.31 bits per heavy atom. The number of allylic oxidation sites excluding steroid dienone is 1. The van der Waals surface area contributed by atoms with Gasteiger partial charge >= 0.3 is 0 Å². The van der Waals surface area contributed by atoms with Crippen molar-refractivity contribution in [1.29, 1.82) is 0 Å². The van der Waals surface area contributed by atoms with Gasteiger partial charge in [0.1, 0.15) is 11.5 Å². The van der Waals surface area contributed by atoms with Crippen molar-refractivity contribution in [2.75, 3.05) is 37.6 Å². The van der Waals surface area contributed by atoms with Crippen LogP contribution in [-0.2, 0) is 0 Å². The van der Waals surface area contributed by atoms with Gasteiger partial charge in [-0.05, 0) is 66.1 Å². The fourth-order valence-electron chi connectivity index (χ4n) is 5.21. The van der Waals surface area contributed by atoms with E-state index in [4.69, 9.17) is 23.2 Å². The highest BCUT2D eigenvalue weighted by Crippen LogP contribution is 2.42. The van der Waals surface area contributed by atoms with Crippen LogP contribution >= 0.6 is 23.2 Å². The van der Waals surface area contributed by atoms with Crippen LogP contribution in [0, 0.1) is 5.41 Å². The van der Waals surface area contributed by atoms with Gasteiger partial charge in [-0.25, -0.2) is 9.97 Å². The third-order valence-electron chi connectivity index (χ3n) is 7.09. The Morgan fingerprint density at radius 1 is 0.917 bits per heavy atom. The average molecular weight is 528 g/mol. The second-order valence-corrected chi connectivity index (χ2v) is 10.9. The summed E-state index contributed by atoms with van der Waals surface area (Å²) in [5, 5.41) is 2.22. The molecule has 0 radical (unpaired) electrons. The number of halogens is 2.